The minimum atomic E-state index is -0.658. The van der Waals surface area contributed by atoms with Gasteiger partial charge in [0.05, 0.1) is 19.0 Å². The molecule has 1 aliphatic heterocycles. The number of aromatic nitrogens is 6. The Morgan fingerprint density at radius 2 is 2.37 bits per heavy atom. The third-order valence-corrected chi connectivity index (χ3v) is 4.32. The van der Waals surface area contributed by atoms with E-state index in [4.69, 9.17) is 9.47 Å². The molecular weight excluding hydrogens is 354 g/mol. The lowest BCUT2D eigenvalue weighted by Crippen LogP contribution is -2.26. The van der Waals surface area contributed by atoms with Crippen LogP contribution in [0.25, 0.3) is 11.2 Å². The molecule has 4 rings (SSSR count). The second kappa shape index (κ2) is 7.47. The Labute approximate surface area is 154 Å². The second-order valence-electron chi connectivity index (χ2n) is 6.33. The zero-order valence-electron chi connectivity index (χ0n) is 14.8. The summed E-state index contributed by atoms with van der Waals surface area (Å²) >= 11 is 0. The Bertz CT molecular complexity index is 951. The molecule has 27 heavy (non-hydrogen) atoms. The molecule has 0 aromatic carbocycles. The van der Waals surface area contributed by atoms with Gasteiger partial charge in [0, 0.05) is 25.4 Å². The van der Waals surface area contributed by atoms with E-state index in [2.05, 4.69) is 25.4 Å². The molecule has 3 N–H and O–H groups in total. The number of aliphatic hydroxyl groups is 1. The quantitative estimate of drug-likeness (QED) is 0.501. The first-order valence-electron chi connectivity index (χ1n) is 8.79. The van der Waals surface area contributed by atoms with E-state index in [9.17, 15) is 9.90 Å². The lowest BCUT2D eigenvalue weighted by atomic mass is 10.2. The highest BCUT2D eigenvalue weighted by molar-refractivity contribution is 5.70. The molecule has 0 bridgehead atoms. The minimum absolute atomic E-state index is 0.204. The number of anilines is 1. The topological polar surface area (TPSA) is 132 Å². The van der Waals surface area contributed by atoms with Crippen molar-refractivity contribution in [1.82, 2.24) is 29.2 Å². The van der Waals surface area contributed by atoms with Crippen LogP contribution in [0.1, 0.15) is 26.0 Å². The van der Waals surface area contributed by atoms with Crippen LogP contribution in [0.3, 0.4) is 0 Å². The molecule has 11 nitrogen and oxygen atoms in total. The van der Waals surface area contributed by atoms with Gasteiger partial charge >= 0.3 is 0 Å². The van der Waals surface area contributed by atoms with E-state index in [1.54, 1.807) is 28.0 Å². The molecule has 1 saturated heterocycles. The average molecular weight is 375 g/mol. The maximum absolute atomic E-state index is 12.3. The van der Waals surface area contributed by atoms with Crippen molar-refractivity contribution in [3.63, 3.8) is 0 Å². The Morgan fingerprint density at radius 3 is 3.15 bits per heavy atom. The number of hydrogen-bond donors (Lipinski definition) is 3. The summed E-state index contributed by atoms with van der Waals surface area (Å²) in [7, 11) is 0. The van der Waals surface area contributed by atoms with Crippen LogP contribution in [0.15, 0.2) is 29.8 Å². The number of nitrogens with one attached hydrogen (secondary N) is 2. The molecule has 3 aromatic rings. The molecule has 0 spiro atoms. The minimum Gasteiger partial charge on any atom is -0.390 e. The molecule has 3 atom stereocenters. The fourth-order valence-electron chi connectivity index (χ4n) is 3.02. The van der Waals surface area contributed by atoms with Crippen LogP contribution >= 0.6 is 0 Å². The molecule has 1 fully saturated rings. The van der Waals surface area contributed by atoms with Gasteiger partial charge in [-0.1, -0.05) is 6.92 Å². The van der Waals surface area contributed by atoms with Gasteiger partial charge in [-0.05, 0) is 6.42 Å². The zero-order valence-corrected chi connectivity index (χ0v) is 14.8. The number of aromatic amines is 1. The van der Waals surface area contributed by atoms with Gasteiger partial charge in [0.15, 0.2) is 11.2 Å². The second-order valence-corrected chi connectivity index (χ2v) is 6.33. The van der Waals surface area contributed by atoms with Crippen LogP contribution in [0.4, 0.5) is 5.95 Å². The molecule has 0 amide bonds. The molecule has 0 aliphatic carbocycles. The average Bonchev–Trinajstić information content (AvgIpc) is 3.36. The molecule has 0 saturated carbocycles. The van der Waals surface area contributed by atoms with Gasteiger partial charge in [-0.25, -0.2) is 14.6 Å². The number of fused-ring (bicyclic) bond motifs is 1. The van der Waals surface area contributed by atoms with Gasteiger partial charge in [0.25, 0.3) is 5.56 Å². The smallest absolute Gasteiger partial charge is 0.280 e. The normalized spacial score (nSPS) is 22.5. The fourth-order valence-corrected chi connectivity index (χ4v) is 3.02. The zero-order chi connectivity index (χ0) is 18.8. The van der Waals surface area contributed by atoms with Crippen LogP contribution in [0.2, 0.25) is 0 Å². The fraction of sp³-hybridized carbons (Fsp3) is 0.500. The van der Waals surface area contributed by atoms with E-state index < -0.39 is 18.4 Å². The van der Waals surface area contributed by atoms with Crippen molar-refractivity contribution in [2.24, 2.45) is 0 Å². The van der Waals surface area contributed by atoms with E-state index in [1.807, 2.05) is 6.92 Å². The van der Waals surface area contributed by atoms with E-state index >= 15 is 0 Å². The Balaban J connectivity index is 1.59. The predicted octanol–water partition coefficient (Wildman–Crippen LogP) is 0.266. The molecule has 3 aromatic heterocycles. The van der Waals surface area contributed by atoms with Crippen LogP contribution in [-0.4, -0.2) is 59.7 Å². The first-order chi connectivity index (χ1) is 13.2. The number of ether oxygens (including phenoxy) is 2. The summed E-state index contributed by atoms with van der Waals surface area (Å²) in [6.07, 6.45) is 6.03. The highest BCUT2D eigenvalue weighted by Crippen LogP contribution is 2.30. The SMILES string of the molecule is CCCOC[C@H]1O[C@@H](n2cnc3c(=O)[nH]c(Nn4ccnc4)nc32)C[C@@H]1O. The van der Waals surface area contributed by atoms with E-state index in [1.165, 1.54) is 6.33 Å². The molecule has 1 aliphatic rings. The van der Waals surface area contributed by atoms with Gasteiger partial charge in [0.2, 0.25) is 5.95 Å². The van der Waals surface area contributed by atoms with Crippen LogP contribution in [0.5, 0.6) is 0 Å². The third kappa shape index (κ3) is 3.56. The van der Waals surface area contributed by atoms with Gasteiger partial charge in [-0.2, -0.15) is 4.98 Å². The molecule has 4 heterocycles. The third-order valence-electron chi connectivity index (χ3n) is 4.32. The number of rotatable bonds is 7. The predicted molar refractivity (Wildman–Crippen MR) is 95.0 cm³/mol. The van der Waals surface area contributed by atoms with Crippen molar-refractivity contribution in [3.8, 4) is 0 Å². The largest absolute Gasteiger partial charge is 0.390 e. The van der Waals surface area contributed by atoms with Crippen molar-refractivity contribution in [2.75, 3.05) is 18.6 Å². The molecule has 11 heteroatoms. The maximum Gasteiger partial charge on any atom is 0.280 e. The van der Waals surface area contributed by atoms with Crippen LogP contribution in [-0.2, 0) is 9.47 Å². The van der Waals surface area contributed by atoms with Gasteiger partial charge in [-0.15, -0.1) is 0 Å². The summed E-state index contributed by atoms with van der Waals surface area (Å²) in [5, 5.41) is 10.3. The van der Waals surface area contributed by atoms with Gasteiger partial charge in [-0.3, -0.25) is 19.8 Å². The number of aliphatic hydroxyl groups excluding tert-OH is 1. The Hall–Kier alpha value is -2.76. The van der Waals surface area contributed by atoms with Crippen molar-refractivity contribution in [1.29, 1.82) is 0 Å². The Kier molecular flexibility index (Phi) is 4.88. The Morgan fingerprint density at radius 1 is 1.48 bits per heavy atom. The number of nitrogens with zero attached hydrogens (tertiary/aromatic N) is 5. The van der Waals surface area contributed by atoms with Gasteiger partial charge in [0.1, 0.15) is 18.7 Å². The monoisotopic (exact) mass is 375 g/mol. The van der Waals surface area contributed by atoms with E-state index in [0.29, 0.717) is 25.3 Å². The van der Waals surface area contributed by atoms with Crippen molar-refractivity contribution >= 4 is 17.1 Å². The first-order valence-corrected chi connectivity index (χ1v) is 8.79. The molecule has 0 unspecified atom stereocenters. The summed E-state index contributed by atoms with van der Waals surface area (Å²) in [4.78, 5) is 27.4. The molecule has 0 radical (unpaired) electrons. The molecule has 144 valence electrons. The highest BCUT2D eigenvalue weighted by Gasteiger charge is 2.36. The number of H-pyrrole nitrogens is 1. The van der Waals surface area contributed by atoms with Crippen LogP contribution < -0.4 is 11.0 Å². The summed E-state index contributed by atoms with van der Waals surface area (Å²) in [6, 6.07) is 0. The maximum atomic E-state index is 12.3. The standard InChI is InChI=1S/C16H21N7O4/c1-2-5-26-7-11-10(24)6-12(27-11)23-9-18-13-14(23)19-16(20-15(13)25)21-22-4-3-17-8-22/h3-4,8-12,24H,2,5-7H2,1H3,(H2,19,20,21,25)/t10-,11+,12+/m0/s1. The van der Waals surface area contributed by atoms with E-state index in [0.717, 1.165) is 6.42 Å². The van der Waals surface area contributed by atoms with Crippen molar-refractivity contribution < 1.29 is 14.6 Å². The summed E-state index contributed by atoms with van der Waals surface area (Å²) < 4.78 is 14.6. The lowest BCUT2D eigenvalue weighted by Gasteiger charge is -2.16. The van der Waals surface area contributed by atoms with E-state index in [-0.39, 0.29) is 17.0 Å². The molecular formula is C16H21N7O4. The highest BCUT2D eigenvalue weighted by atomic mass is 16.6. The summed E-state index contributed by atoms with van der Waals surface area (Å²) in [6.45, 7) is 2.95. The summed E-state index contributed by atoms with van der Waals surface area (Å²) in [5.74, 6) is 0.244. The first kappa shape index (κ1) is 17.6. The van der Waals surface area contributed by atoms with Crippen molar-refractivity contribution in [3.05, 3.63) is 35.4 Å². The van der Waals surface area contributed by atoms with Gasteiger partial charge < -0.3 is 14.6 Å². The summed E-state index contributed by atoms with van der Waals surface area (Å²) in [5.41, 5.74) is 3.11. The van der Waals surface area contributed by atoms with Crippen molar-refractivity contribution in [2.45, 2.75) is 38.2 Å². The number of hydrogen-bond acceptors (Lipinski definition) is 8. The lowest BCUT2D eigenvalue weighted by molar-refractivity contribution is -0.0611. The number of imidazole rings is 2. The van der Waals surface area contributed by atoms with Crippen LogP contribution in [0, 0.1) is 0 Å².